The van der Waals surface area contributed by atoms with Crippen molar-refractivity contribution in [1.82, 2.24) is 4.31 Å². The van der Waals surface area contributed by atoms with Gasteiger partial charge in [-0.1, -0.05) is 12.5 Å². The first-order valence-corrected chi connectivity index (χ1v) is 11.1. The topological polar surface area (TPSA) is 66.9 Å². The van der Waals surface area contributed by atoms with E-state index in [1.165, 1.54) is 0 Å². The molecule has 0 N–H and O–H groups in total. The van der Waals surface area contributed by atoms with Gasteiger partial charge in [-0.05, 0) is 56.4 Å². The van der Waals surface area contributed by atoms with Gasteiger partial charge in [0.25, 0.3) is 5.91 Å². The maximum absolute atomic E-state index is 12.9. The van der Waals surface area contributed by atoms with Crippen molar-refractivity contribution in [1.29, 1.82) is 0 Å². The molecule has 27 heavy (non-hydrogen) atoms. The molecule has 1 amide bonds. The Bertz CT molecular complexity index is 800. The molecule has 1 aromatic carbocycles. The third-order valence-electron chi connectivity index (χ3n) is 5.20. The highest BCUT2D eigenvalue weighted by molar-refractivity contribution is 7.89. The third-order valence-corrected chi connectivity index (χ3v) is 7.10. The van der Waals surface area contributed by atoms with Crippen molar-refractivity contribution in [3.8, 4) is 0 Å². The Balaban J connectivity index is 1.75. The lowest BCUT2D eigenvalue weighted by molar-refractivity contribution is -0.128. The molecule has 1 aromatic rings. The van der Waals surface area contributed by atoms with Crippen LogP contribution in [0.1, 0.15) is 38.2 Å². The third kappa shape index (κ3) is 4.25. The maximum atomic E-state index is 12.9. The molecule has 0 radical (unpaired) electrons. The van der Waals surface area contributed by atoms with Crippen LogP contribution in [-0.2, 0) is 26.0 Å². The maximum Gasteiger partial charge on any atom is 0.255 e. The molecule has 0 saturated carbocycles. The number of nitrogens with zero attached hydrogens (tertiary/aromatic N) is 2. The molecule has 2 aliphatic rings. The van der Waals surface area contributed by atoms with Gasteiger partial charge in [0.15, 0.2) is 0 Å². The van der Waals surface area contributed by atoms with Crippen molar-refractivity contribution < 1.29 is 17.9 Å². The number of piperidine rings is 1. The Hall–Kier alpha value is -1.70. The summed E-state index contributed by atoms with van der Waals surface area (Å²) >= 11 is 0. The van der Waals surface area contributed by atoms with E-state index >= 15 is 0 Å². The van der Waals surface area contributed by atoms with Crippen LogP contribution in [0.4, 0.5) is 5.69 Å². The monoisotopic (exact) mass is 392 g/mol. The summed E-state index contributed by atoms with van der Waals surface area (Å²) in [6.45, 7) is 7.58. The number of hydrogen-bond acceptors (Lipinski definition) is 4. The van der Waals surface area contributed by atoms with Gasteiger partial charge in [-0.2, -0.15) is 4.31 Å². The summed E-state index contributed by atoms with van der Waals surface area (Å²) in [5.74, 6) is -0.0931. The zero-order valence-corrected chi connectivity index (χ0v) is 16.7. The fourth-order valence-corrected chi connectivity index (χ4v) is 5.21. The van der Waals surface area contributed by atoms with E-state index in [-0.39, 0.29) is 5.91 Å². The molecule has 1 saturated heterocycles. The van der Waals surface area contributed by atoms with E-state index in [9.17, 15) is 13.2 Å². The summed E-state index contributed by atoms with van der Waals surface area (Å²) in [6.07, 6.45) is 5.49. The van der Waals surface area contributed by atoms with Crippen molar-refractivity contribution in [2.45, 2.75) is 50.0 Å². The van der Waals surface area contributed by atoms with Crippen LogP contribution in [0.2, 0.25) is 0 Å². The minimum atomic E-state index is -3.46. The second-order valence-corrected chi connectivity index (χ2v) is 9.02. The van der Waals surface area contributed by atoms with Crippen molar-refractivity contribution in [2.24, 2.45) is 0 Å². The predicted octanol–water partition coefficient (Wildman–Crippen LogP) is 2.73. The van der Waals surface area contributed by atoms with Gasteiger partial charge >= 0.3 is 0 Å². The SMILES string of the molecule is C=CCCOC(C)C(=O)N1CCc2cc(S(=O)(=O)N3CCCCC3)ccc21. The molecule has 0 aliphatic carbocycles. The highest BCUT2D eigenvalue weighted by Crippen LogP contribution is 2.32. The number of sulfonamides is 1. The minimum absolute atomic E-state index is 0.0931. The Labute approximate surface area is 161 Å². The van der Waals surface area contributed by atoms with Gasteiger partial charge in [0.05, 0.1) is 11.5 Å². The molecule has 7 heteroatoms. The minimum Gasteiger partial charge on any atom is -0.368 e. The van der Waals surface area contributed by atoms with Crippen molar-refractivity contribution in [3.63, 3.8) is 0 Å². The van der Waals surface area contributed by atoms with E-state index in [0.29, 0.717) is 44.0 Å². The van der Waals surface area contributed by atoms with E-state index in [1.807, 2.05) is 0 Å². The average molecular weight is 393 g/mol. The number of hydrogen-bond donors (Lipinski definition) is 0. The Morgan fingerprint density at radius 2 is 2.00 bits per heavy atom. The first kappa shape index (κ1) is 20.0. The van der Waals surface area contributed by atoms with E-state index < -0.39 is 16.1 Å². The van der Waals surface area contributed by atoms with Gasteiger partial charge in [0, 0.05) is 25.3 Å². The summed E-state index contributed by atoms with van der Waals surface area (Å²) in [6, 6.07) is 5.11. The number of rotatable bonds is 7. The van der Waals surface area contributed by atoms with Crippen LogP contribution < -0.4 is 4.90 Å². The molecule has 0 bridgehead atoms. The molecular formula is C20H28N2O4S. The van der Waals surface area contributed by atoms with E-state index in [0.717, 1.165) is 30.5 Å². The molecular weight excluding hydrogens is 364 g/mol. The van der Waals surface area contributed by atoms with Crippen molar-refractivity contribution >= 4 is 21.6 Å². The van der Waals surface area contributed by atoms with E-state index in [1.54, 1.807) is 40.4 Å². The van der Waals surface area contributed by atoms with Gasteiger partial charge in [-0.3, -0.25) is 4.79 Å². The molecule has 1 fully saturated rings. The Kier molecular flexibility index (Phi) is 6.34. The van der Waals surface area contributed by atoms with Crippen molar-refractivity contribution in [2.75, 3.05) is 31.1 Å². The van der Waals surface area contributed by atoms with E-state index in [4.69, 9.17) is 4.74 Å². The molecule has 6 nitrogen and oxygen atoms in total. The Morgan fingerprint density at radius 3 is 2.70 bits per heavy atom. The number of benzene rings is 1. The van der Waals surface area contributed by atoms with Gasteiger partial charge in [-0.15, -0.1) is 6.58 Å². The van der Waals surface area contributed by atoms with Gasteiger partial charge in [0.2, 0.25) is 10.0 Å². The molecule has 0 aromatic heterocycles. The second kappa shape index (κ2) is 8.54. The van der Waals surface area contributed by atoms with Crippen LogP contribution in [0.15, 0.2) is 35.7 Å². The lowest BCUT2D eigenvalue weighted by atomic mass is 10.2. The first-order valence-electron chi connectivity index (χ1n) is 9.62. The van der Waals surface area contributed by atoms with Crippen LogP contribution in [0.3, 0.4) is 0 Å². The highest BCUT2D eigenvalue weighted by atomic mass is 32.2. The quantitative estimate of drug-likeness (QED) is 0.529. The van der Waals surface area contributed by atoms with Crippen LogP contribution in [-0.4, -0.2) is 51.0 Å². The largest absolute Gasteiger partial charge is 0.368 e. The number of carbonyl (C=O) groups is 1. The fraction of sp³-hybridized carbons (Fsp3) is 0.550. The van der Waals surface area contributed by atoms with Gasteiger partial charge in [-0.25, -0.2) is 8.42 Å². The molecule has 1 atom stereocenters. The summed E-state index contributed by atoms with van der Waals surface area (Å²) in [4.78, 5) is 14.7. The highest BCUT2D eigenvalue weighted by Gasteiger charge is 2.31. The van der Waals surface area contributed by atoms with Crippen LogP contribution in [0, 0.1) is 0 Å². The summed E-state index contributed by atoms with van der Waals surface area (Å²) in [5.41, 5.74) is 1.69. The standard InChI is InChI=1S/C20H28N2O4S/c1-3-4-14-26-16(2)20(23)22-13-10-17-15-18(8-9-19(17)22)27(24,25)21-11-6-5-7-12-21/h3,8-9,15-16H,1,4-7,10-14H2,2H3. The van der Waals surface area contributed by atoms with E-state index in [2.05, 4.69) is 6.58 Å². The number of carbonyl (C=O) groups excluding carboxylic acids is 1. The second-order valence-electron chi connectivity index (χ2n) is 7.09. The van der Waals surface area contributed by atoms with Gasteiger partial charge in [0.1, 0.15) is 6.10 Å². The number of anilines is 1. The zero-order chi connectivity index (χ0) is 19.4. The number of fused-ring (bicyclic) bond motifs is 1. The predicted molar refractivity (Wildman–Crippen MR) is 105 cm³/mol. The molecule has 148 valence electrons. The first-order chi connectivity index (χ1) is 12.9. The molecule has 2 aliphatic heterocycles. The van der Waals surface area contributed by atoms with Crippen LogP contribution >= 0.6 is 0 Å². The smallest absolute Gasteiger partial charge is 0.255 e. The molecule has 0 spiro atoms. The zero-order valence-electron chi connectivity index (χ0n) is 15.9. The molecule has 1 unspecified atom stereocenters. The lowest BCUT2D eigenvalue weighted by Crippen LogP contribution is -2.38. The van der Waals surface area contributed by atoms with Crippen LogP contribution in [0.25, 0.3) is 0 Å². The van der Waals surface area contributed by atoms with Gasteiger partial charge < -0.3 is 9.64 Å². The van der Waals surface area contributed by atoms with Crippen molar-refractivity contribution in [3.05, 3.63) is 36.4 Å². The van der Waals surface area contributed by atoms with Crippen LogP contribution in [0.5, 0.6) is 0 Å². The summed E-state index contributed by atoms with van der Waals surface area (Å²) < 4.78 is 32.9. The molecule has 3 rings (SSSR count). The summed E-state index contributed by atoms with van der Waals surface area (Å²) in [7, 11) is -3.46. The normalized spacial score (nSPS) is 18.9. The average Bonchev–Trinajstić information content (AvgIpc) is 3.11. The number of amides is 1. The Morgan fingerprint density at radius 1 is 1.26 bits per heavy atom. The number of ether oxygens (including phenoxy) is 1. The lowest BCUT2D eigenvalue weighted by Gasteiger charge is -2.26. The fourth-order valence-electron chi connectivity index (χ4n) is 3.64. The summed E-state index contributed by atoms with van der Waals surface area (Å²) in [5, 5.41) is 0. The molecule has 2 heterocycles.